The van der Waals surface area contributed by atoms with E-state index in [2.05, 4.69) is 30.9 Å². The Morgan fingerprint density at radius 1 is 1.11 bits per heavy atom. The van der Waals surface area contributed by atoms with Crippen LogP contribution in [0, 0.1) is 5.41 Å². The maximum absolute atomic E-state index is 12.7. The summed E-state index contributed by atoms with van der Waals surface area (Å²) in [5.74, 6) is -1.15. The van der Waals surface area contributed by atoms with Crippen molar-refractivity contribution in [2.75, 3.05) is 13.4 Å². The van der Waals surface area contributed by atoms with Crippen LogP contribution in [0.4, 0.5) is 0 Å². The molecule has 0 unspecified atom stereocenters. The number of rotatable bonds is 4. The molecule has 37 heavy (non-hydrogen) atoms. The summed E-state index contributed by atoms with van der Waals surface area (Å²) in [6.45, 7) is 6.25. The first kappa shape index (κ1) is 26.3. The van der Waals surface area contributed by atoms with Crippen molar-refractivity contribution in [3.63, 3.8) is 0 Å². The van der Waals surface area contributed by atoms with Gasteiger partial charge >= 0.3 is 5.97 Å². The largest absolute Gasteiger partial charge is 0.493 e. The Morgan fingerprint density at radius 3 is 2.38 bits per heavy atom. The van der Waals surface area contributed by atoms with E-state index in [9.17, 15) is 18.0 Å². The van der Waals surface area contributed by atoms with E-state index in [1.54, 1.807) is 24.3 Å². The Labute approximate surface area is 218 Å². The maximum atomic E-state index is 12.7. The van der Waals surface area contributed by atoms with Crippen molar-refractivity contribution in [3.8, 4) is 11.5 Å². The molecule has 1 amide bonds. The molecule has 2 heterocycles. The highest BCUT2D eigenvalue weighted by molar-refractivity contribution is 8.42. The molecule has 0 saturated carbocycles. The van der Waals surface area contributed by atoms with Crippen LogP contribution in [-0.4, -0.2) is 54.0 Å². The summed E-state index contributed by atoms with van der Waals surface area (Å²) in [7, 11) is -2.21. The molecule has 2 aliphatic rings. The molecule has 0 aliphatic carbocycles. The summed E-state index contributed by atoms with van der Waals surface area (Å²) in [6, 6.07) is 11.8. The molecule has 1 N–H and O–H groups in total. The molecule has 0 saturated heterocycles. The average Bonchev–Trinajstić information content (AvgIpc) is 3.27. The van der Waals surface area contributed by atoms with Gasteiger partial charge in [0.05, 0.1) is 18.2 Å². The van der Waals surface area contributed by atoms with Gasteiger partial charge in [0.1, 0.15) is 0 Å². The fourth-order valence-electron chi connectivity index (χ4n) is 3.41. The van der Waals surface area contributed by atoms with Crippen LogP contribution in [0.5, 0.6) is 11.5 Å². The summed E-state index contributed by atoms with van der Waals surface area (Å²) in [5.41, 5.74) is 1.80. The Hall–Kier alpha value is -3.77. The summed E-state index contributed by atoms with van der Waals surface area (Å²) in [5, 5.41) is 13.3. The second kappa shape index (κ2) is 9.60. The van der Waals surface area contributed by atoms with E-state index in [0.717, 1.165) is 16.8 Å². The molecule has 0 bridgehead atoms. The molecule has 10 nitrogen and oxygen atoms in total. The lowest BCUT2D eigenvalue weighted by Gasteiger charge is -2.20. The van der Waals surface area contributed by atoms with Crippen molar-refractivity contribution < 1.29 is 27.5 Å². The van der Waals surface area contributed by atoms with Gasteiger partial charge in [0.25, 0.3) is 5.91 Å². The second-order valence-corrected chi connectivity index (χ2v) is 12.4. The first-order valence-electron chi connectivity index (χ1n) is 11.0. The fraction of sp³-hybridized carbons (Fsp3) is 0.240. The lowest BCUT2D eigenvalue weighted by atomic mass is 9.87. The number of carbonyl (C=O) groups is 2. The van der Waals surface area contributed by atoms with Crippen LogP contribution in [0.25, 0.3) is 6.08 Å². The van der Waals surface area contributed by atoms with Crippen LogP contribution in [0.2, 0.25) is 0 Å². The van der Waals surface area contributed by atoms with Gasteiger partial charge in [-0.15, -0.1) is 5.10 Å². The molecule has 2 aromatic carbocycles. The van der Waals surface area contributed by atoms with E-state index in [-0.39, 0.29) is 37.9 Å². The van der Waals surface area contributed by atoms with Gasteiger partial charge in [0.15, 0.2) is 17.3 Å². The first-order chi connectivity index (χ1) is 17.3. The van der Waals surface area contributed by atoms with Gasteiger partial charge in [0, 0.05) is 6.26 Å². The predicted molar refractivity (Wildman–Crippen MR) is 143 cm³/mol. The van der Waals surface area contributed by atoms with Gasteiger partial charge in [-0.1, -0.05) is 39.0 Å². The Balaban J connectivity index is 1.57. The van der Waals surface area contributed by atoms with Crippen LogP contribution in [-0.2, 0) is 20.0 Å². The normalized spacial score (nSPS) is 16.9. The molecule has 0 spiro atoms. The molecular formula is C25H24N4O6S2. The summed E-state index contributed by atoms with van der Waals surface area (Å²) in [4.78, 5) is 29.1. The predicted octanol–water partition coefficient (Wildman–Crippen LogP) is 3.83. The Bertz CT molecular complexity index is 1520. The van der Waals surface area contributed by atoms with E-state index >= 15 is 0 Å². The zero-order chi connectivity index (χ0) is 27.1. The first-order valence-corrected chi connectivity index (χ1v) is 13.7. The number of hydrogen-bond donors (Lipinski definition) is 1. The van der Waals surface area contributed by atoms with Crippen LogP contribution in [0.1, 0.15) is 42.3 Å². The smallest absolute Gasteiger partial charge is 0.343 e. The zero-order valence-electron chi connectivity index (χ0n) is 20.7. The molecule has 0 fully saturated rings. The van der Waals surface area contributed by atoms with Crippen molar-refractivity contribution >= 4 is 54.9 Å². The van der Waals surface area contributed by atoms with Crippen LogP contribution in [0.3, 0.4) is 0 Å². The number of carbonyl (C=O) groups excluding carboxylic acids is 2. The number of methoxy groups -OCH3 is 1. The summed E-state index contributed by atoms with van der Waals surface area (Å²) >= 11 is 0.712. The van der Waals surface area contributed by atoms with E-state index in [1.807, 2.05) is 12.1 Å². The van der Waals surface area contributed by atoms with E-state index in [1.165, 1.54) is 19.3 Å². The minimum atomic E-state index is -3.63. The standard InChI is InChI=1S/C25H24N4O6S2/c1-25(2,3)16-9-7-15(8-10-16)22(31)35-18-11-6-14(13-19(18)34-4)12-17-20(26)29-23(27-21(17)30)36-24(28-29)37(5,32)33/h6-13,26H,1-5H3/b17-12+,26-20?. The SMILES string of the molecule is COc1cc(/C=C2\C(=N)N3N=C(S(C)(=O)=O)SC3=NC2=O)ccc1OC(=O)c1ccc(C(C)(C)C)cc1. The van der Waals surface area contributed by atoms with Gasteiger partial charge in [-0.05, 0) is 58.6 Å². The third-order valence-corrected chi connectivity index (χ3v) is 8.02. The highest BCUT2D eigenvalue weighted by atomic mass is 32.3. The lowest BCUT2D eigenvalue weighted by molar-refractivity contribution is -0.114. The van der Waals surface area contributed by atoms with Crippen molar-refractivity contribution in [2.45, 2.75) is 26.2 Å². The summed E-state index contributed by atoms with van der Waals surface area (Å²) in [6.07, 6.45) is 2.39. The average molecular weight is 541 g/mol. The van der Waals surface area contributed by atoms with Crippen molar-refractivity contribution in [2.24, 2.45) is 10.1 Å². The van der Waals surface area contributed by atoms with Gasteiger partial charge in [-0.3, -0.25) is 10.2 Å². The number of hydrogen-bond acceptors (Lipinski definition) is 9. The number of benzene rings is 2. The molecule has 12 heteroatoms. The van der Waals surface area contributed by atoms with Crippen molar-refractivity contribution in [1.29, 1.82) is 5.41 Å². The van der Waals surface area contributed by atoms with Crippen molar-refractivity contribution in [1.82, 2.24) is 5.01 Å². The molecule has 0 aromatic heterocycles. The highest BCUT2D eigenvalue weighted by Crippen LogP contribution is 2.33. The Morgan fingerprint density at radius 2 is 1.78 bits per heavy atom. The second-order valence-electron chi connectivity index (χ2n) is 9.29. The molecule has 0 radical (unpaired) electrons. The highest BCUT2D eigenvalue weighted by Gasteiger charge is 2.38. The van der Waals surface area contributed by atoms with E-state index in [0.29, 0.717) is 22.9 Å². The monoisotopic (exact) mass is 540 g/mol. The van der Waals surface area contributed by atoms with E-state index < -0.39 is 21.7 Å². The van der Waals surface area contributed by atoms with E-state index in [4.69, 9.17) is 14.9 Å². The van der Waals surface area contributed by atoms with Gasteiger partial charge < -0.3 is 9.47 Å². The van der Waals surface area contributed by atoms with Gasteiger partial charge in [0.2, 0.25) is 19.4 Å². The maximum Gasteiger partial charge on any atom is 0.343 e. The number of sulfone groups is 1. The number of aliphatic imine (C=N–C) groups is 1. The zero-order valence-corrected chi connectivity index (χ0v) is 22.4. The molecule has 192 valence electrons. The van der Waals surface area contributed by atoms with Crippen LogP contribution in [0.15, 0.2) is 58.1 Å². The minimum absolute atomic E-state index is 0.00273. The molecule has 2 aliphatic heterocycles. The number of amidine groups is 2. The third-order valence-electron chi connectivity index (χ3n) is 5.44. The molecular weight excluding hydrogens is 516 g/mol. The van der Waals surface area contributed by atoms with Crippen LogP contribution < -0.4 is 9.47 Å². The minimum Gasteiger partial charge on any atom is -0.493 e. The number of nitrogens with one attached hydrogen (secondary N) is 1. The molecule has 4 rings (SSSR count). The molecule has 2 aromatic rings. The third kappa shape index (κ3) is 5.49. The van der Waals surface area contributed by atoms with Crippen molar-refractivity contribution in [3.05, 3.63) is 64.7 Å². The lowest BCUT2D eigenvalue weighted by Crippen LogP contribution is -2.35. The number of esters is 1. The quantitative estimate of drug-likeness (QED) is 0.351. The fourth-order valence-corrected chi connectivity index (χ4v) is 5.10. The number of nitrogens with zero attached hydrogens (tertiary/aromatic N) is 3. The number of thioether (sulfide) groups is 1. The van der Waals surface area contributed by atoms with Gasteiger partial charge in [-0.25, -0.2) is 13.2 Å². The van der Waals surface area contributed by atoms with Crippen LogP contribution >= 0.6 is 11.8 Å². The number of fused-ring (bicyclic) bond motifs is 1. The summed E-state index contributed by atoms with van der Waals surface area (Å²) < 4.78 is 34.3. The number of hydrazone groups is 1. The topological polar surface area (TPSA) is 139 Å². The number of ether oxygens (including phenoxy) is 2. The molecule has 0 atom stereocenters. The Kier molecular flexibility index (Phi) is 6.82. The van der Waals surface area contributed by atoms with Gasteiger partial charge in [-0.2, -0.15) is 10.0 Å². The number of amides is 1.